The van der Waals surface area contributed by atoms with Gasteiger partial charge in [0.05, 0.1) is 5.56 Å². The Balaban J connectivity index is 1.97. The Bertz CT molecular complexity index is 711. The summed E-state index contributed by atoms with van der Waals surface area (Å²) in [7, 11) is 0. The van der Waals surface area contributed by atoms with Crippen molar-refractivity contribution in [3.05, 3.63) is 71.7 Å². The monoisotopic (exact) mass is 296 g/mol. The van der Waals surface area contributed by atoms with Crippen molar-refractivity contribution in [2.24, 2.45) is 0 Å². The molecule has 0 saturated carbocycles. The van der Waals surface area contributed by atoms with Gasteiger partial charge in [0.25, 0.3) is 5.91 Å². The number of aromatic nitrogens is 1. The number of benzene rings is 1. The number of amides is 1. The van der Waals surface area contributed by atoms with Gasteiger partial charge in [-0.3, -0.25) is 20.0 Å². The highest BCUT2D eigenvalue weighted by Crippen LogP contribution is 2.09. The predicted molar refractivity (Wildman–Crippen MR) is 83.8 cm³/mol. The summed E-state index contributed by atoms with van der Waals surface area (Å²) in [6.45, 7) is 1.67. The number of ketones is 1. The fourth-order valence-corrected chi connectivity index (χ4v) is 1.75. The van der Waals surface area contributed by atoms with Crippen LogP contribution < -0.4 is 16.6 Å². The first-order valence-electron chi connectivity index (χ1n) is 6.61. The first-order chi connectivity index (χ1) is 10.6. The molecule has 0 bridgehead atoms. The van der Waals surface area contributed by atoms with Crippen LogP contribution in [-0.2, 0) is 0 Å². The number of nitrogens with two attached hydrogens (primary N) is 1. The predicted octanol–water partition coefficient (Wildman–Crippen LogP) is 1.68. The van der Waals surface area contributed by atoms with Gasteiger partial charge in [0.1, 0.15) is 0 Å². The lowest BCUT2D eigenvalue weighted by Gasteiger charge is -2.10. The number of para-hydroxylation sites is 1. The fraction of sp³-hybridized carbons (Fsp3) is 0.0625. The Kier molecular flexibility index (Phi) is 4.87. The van der Waals surface area contributed by atoms with E-state index in [4.69, 9.17) is 5.73 Å². The van der Waals surface area contributed by atoms with Crippen LogP contribution in [0.15, 0.2) is 60.6 Å². The van der Waals surface area contributed by atoms with Crippen LogP contribution >= 0.6 is 0 Å². The number of hydrazine groups is 1. The Morgan fingerprint density at radius 2 is 1.91 bits per heavy atom. The molecule has 1 aromatic heterocycles. The van der Waals surface area contributed by atoms with Gasteiger partial charge in [-0.15, -0.1) is 0 Å². The molecule has 6 nitrogen and oxygen atoms in total. The number of pyridine rings is 1. The molecular weight excluding hydrogens is 280 g/mol. The average Bonchev–Trinajstić information content (AvgIpc) is 2.54. The Labute approximate surface area is 128 Å². The molecule has 0 atom stereocenters. The molecule has 6 heteroatoms. The average molecular weight is 296 g/mol. The lowest BCUT2D eigenvalue weighted by Crippen LogP contribution is -2.36. The SMILES string of the molecule is CC(=CC(=O)c1cccnc1)NNC(=O)c1ccccc1N. The molecule has 1 aromatic carbocycles. The van der Waals surface area contributed by atoms with Crippen molar-refractivity contribution < 1.29 is 9.59 Å². The van der Waals surface area contributed by atoms with Crippen molar-refractivity contribution in [2.45, 2.75) is 6.92 Å². The number of allylic oxidation sites excluding steroid dienone is 2. The molecule has 2 rings (SSSR count). The maximum absolute atomic E-state index is 11.9. The second kappa shape index (κ2) is 7.03. The highest BCUT2D eigenvalue weighted by molar-refractivity contribution is 6.04. The largest absolute Gasteiger partial charge is 0.398 e. The van der Waals surface area contributed by atoms with Crippen LogP contribution in [0.3, 0.4) is 0 Å². The van der Waals surface area contributed by atoms with Gasteiger partial charge in [0.15, 0.2) is 5.78 Å². The summed E-state index contributed by atoms with van der Waals surface area (Å²) in [4.78, 5) is 27.8. The van der Waals surface area contributed by atoms with Crippen molar-refractivity contribution in [2.75, 3.05) is 5.73 Å². The van der Waals surface area contributed by atoms with Gasteiger partial charge in [-0.05, 0) is 31.2 Å². The standard InChI is InChI=1S/C16H16N4O2/c1-11(9-15(21)12-5-4-8-18-10-12)19-20-16(22)13-6-2-3-7-14(13)17/h2-10,19H,17H2,1H3,(H,20,22). The van der Waals surface area contributed by atoms with Gasteiger partial charge in [-0.25, -0.2) is 0 Å². The molecule has 112 valence electrons. The summed E-state index contributed by atoms with van der Waals surface area (Å²) in [6, 6.07) is 10.1. The number of hydrogen-bond donors (Lipinski definition) is 3. The summed E-state index contributed by atoms with van der Waals surface area (Å²) in [5.74, 6) is -0.578. The van der Waals surface area contributed by atoms with Gasteiger partial charge in [0, 0.05) is 35.4 Å². The second-order valence-electron chi connectivity index (χ2n) is 4.60. The molecule has 0 aliphatic heterocycles. The maximum atomic E-state index is 11.9. The fourth-order valence-electron chi connectivity index (χ4n) is 1.75. The topological polar surface area (TPSA) is 97.1 Å². The molecule has 0 fully saturated rings. The second-order valence-corrected chi connectivity index (χ2v) is 4.60. The third-order valence-electron chi connectivity index (χ3n) is 2.87. The van der Waals surface area contributed by atoms with E-state index in [1.54, 1.807) is 49.5 Å². The van der Waals surface area contributed by atoms with Gasteiger partial charge in [0.2, 0.25) is 0 Å². The minimum atomic E-state index is -0.375. The van der Waals surface area contributed by atoms with E-state index in [0.29, 0.717) is 22.5 Å². The Hall–Kier alpha value is -3.15. The molecule has 4 N–H and O–H groups in total. The number of nitrogen functional groups attached to an aromatic ring is 1. The van der Waals surface area contributed by atoms with Crippen LogP contribution in [0, 0.1) is 0 Å². The number of hydrogen-bond acceptors (Lipinski definition) is 5. The van der Waals surface area contributed by atoms with E-state index in [1.165, 1.54) is 12.3 Å². The van der Waals surface area contributed by atoms with Crippen LogP contribution in [0.2, 0.25) is 0 Å². The van der Waals surface area contributed by atoms with Crippen LogP contribution in [0.4, 0.5) is 5.69 Å². The summed E-state index contributed by atoms with van der Waals surface area (Å²) in [5, 5.41) is 0. The first-order valence-corrected chi connectivity index (χ1v) is 6.61. The van der Waals surface area contributed by atoms with Crippen molar-refractivity contribution in [1.29, 1.82) is 0 Å². The van der Waals surface area contributed by atoms with Gasteiger partial charge >= 0.3 is 0 Å². The van der Waals surface area contributed by atoms with E-state index < -0.39 is 0 Å². The third kappa shape index (κ3) is 3.92. The maximum Gasteiger partial charge on any atom is 0.271 e. The normalized spacial score (nSPS) is 10.9. The van der Waals surface area contributed by atoms with E-state index in [1.807, 2.05) is 0 Å². The Morgan fingerprint density at radius 1 is 1.14 bits per heavy atom. The zero-order chi connectivity index (χ0) is 15.9. The van der Waals surface area contributed by atoms with Gasteiger partial charge < -0.3 is 11.2 Å². The number of carbonyl (C=O) groups is 2. The highest BCUT2D eigenvalue weighted by atomic mass is 16.2. The van der Waals surface area contributed by atoms with E-state index in [-0.39, 0.29) is 11.7 Å². The first kappa shape index (κ1) is 15.2. The summed E-state index contributed by atoms with van der Waals surface area (Å²) in [5.41, 5.74) is 12.6. The van der Waals surface area contributed by atoms with E-state index >= 15 is 0 Å². The zero-order valence-corrected chi connectivity index (χ0v) is 12.0. The number of nitrogens with one attached hydrogen (secondary N) is 2. The summed E-state index contributed by atoms with van der Waals surface area (Å²) >= 11 is 0. The van der Waals surface area contributed by atoms with Crippen LogP contribution in [0.5, 0.6) is 0 Å². The van der Waals surface area contributed by atoms with Crippen molar-refractivity contribution in [3.8, 4) is 0 Å². The molecule has 2 aromatic rings. The quantitative estimate of drug-likeness (QED) is 0.337. The van der Waals surface area contributed by atoms with Crippen molar-refractivity contribution >= 4 is 17.4 Å². The summed E-state index contributed by atoms with van der Waals surface area (Å²) in [6.07, 6.45) is 4.46. The highest BCUT2D eigenvalue weighted by Gasteiger charge is 2.08. The molecule has 22 heavy (non-hydrogen) atoms. The number of anilines is 1. The molecule has 1 heterocycles. The van der Waals surface area contributed by atoms with Gasteiger partial charge in [-0.2, -0.15) is 0 Å². The molecule has 0 radical (unpaired) electrons. The van der Waals surface area contributed by atoms with E-state index in [2.05, 4.69) is 15.8 Å². The lowest BCUT2D eigenvalue weighted by atomic mass is 10.1. The minimum Gasteiger partial charge on any atom is -0.398 e. The molecular formula is C16H16N4O2. The third-order valence-corrected chi connectivity index (χ3v) is 2.87. The van der Waals surface area contributed by atoms with Gasteiger partial charge in [-0.1, -0.05) is 12.1 Å². The van der Waals surface area contributed by atoms with E-state index in [0.717, 1.165) is 0 Å². The summed E-state index contributed by atoms with van der Waals surface area (Å²) < 4.78 is 0. The van der Waals surface area contributed by atoms with Crippen LogP contribution in [0.25, 0.3) is 0 Å². The Morgan fingerprint density at radius 3 is 2.59 bits per heavy atom. The van der Waals surface area contributed by atoms with Crippen LogP contribution in [-0.4, -0.2) is 16.7 Å². The van der Waals surface area contributed by atoms with Crippen LogP contribution in [0.1, 0.15) is 27.6 Å². The zero-order valence-electron chi connectivity index (χ0n) is 12.0. The lowest BCUT2D eigenvalue weighted by molar-refractivity contribution is 0.0937. The van der Waals surface area contributed by atoms with E-state index in [9.17, 15) is 9.59 Å². The number of rotatable bonds is 5. The molecule has 1 amide bonds. The van der Waals surface area contributed by atoms with Crippen molar-refractivity contribution in [1.82, 2.24) is 15.8 Å². The molecule has 0 aliphatic carbocycles. The molecule has 0 unspecified atom stereocenters. The number of carbonyl (C=O) groups excluding carboxylic acids is 2. The van der Waals surface area contributed by atoms with Crippen molar-refractivity contribution in [3.63, 3.8) is 0 Å². The molecule has 0 aliphatic rings. The smallest absolute Gasteiger partial charge is 0.271 e. The number of nitrogens with zero attached hydrogens (tertiary/aromatic N) is 1. The molecule has 0 saturated heterocycles. The minimum absolute atomic E-state index is 0.202. The molecule has 0 spiro atoms.